The standard InChI is InChI=1S/C10H20N2O2/c11-5-6-12-10(13)8-14-7-9-3-1-2-4-9/h9H,1-8,11H2,(H,12,13). The van der Waals surface area contributed by atoms with E-state index in [2.05, 4.69) is 5.32 Å². The molecule has 0 unspecified atom stereocenters. The van der Waals surface area contributed by atoms with Gasteiger partial charge in [0.05, 0.1) is 6.61 Å². The van der Waals surface area contributed by atoms with Crippen LogP contribution in [0.5, 0.6) is 0 Å². The van der Waals surface area contributed by atoms with E-state index in [1.54, 1.807) is 0 Å². The fraction of sp³-hybridized carbons (Fsp3) is 0.900. The lowest BCUT2D eigenvalue weighted by Crippen LogP contribution is -2.32. The highest BCUT2D eigenvalue weighted by molar-refractivity contribution is 5.77. The topological polar surface area (TPSA) is 64.3 Å². The molecule has 0 aromatic carbocycles. The minimum absolute atomic E-state index is 0.0616. The second kappa shape index (κ2) is 6.79. The largest absolute Gasteiger partial charge is 0.371 e. The Morgan fingerprint density at radius 1 is 1.43 bits per heavy atom. The highest BCUT2D eigenvalue weighted by Crippen LogP contribution is 2.24. The highest BCUT2D eigenvalue weighted by atomic mass is 16.5. The van der Waals surface area contributed by atoms with E-state index < -0.39 is 0 Å². The van der Waals surface area contributed by atoms with Crippen molar-refractivity contribution in [1.82, 2.24) is 5.32 Å². The van der Waals surface area contributed by atoms with Gasteiger partial charge in [-0.1, -0.05) is 12.8 Å². The molecule has 1 aliphatic rings. The predicted molar refractivity (Wildman–Crippen MR) is 54.8 cm³/mol. The predicted octanol–water partition coefficient (Wildman–Crippen LogP) is 0.268. The summed E-state index contributed by atoms with van der Waals surface area (Å²) >= 11 is 0. The van der Waals surface area contributed by atoms with Gasteiger partial charge in [-0.3, -0.25) is 4.79 Å². The van der Waals surface area contributed by atoms with Crippen molar-refractivity contribution in [2.45, 2.75) is 25.7 Å². The molecule has 0 radical (unpaired) electrons. The molecule has 4 nitrogen and oxygen atoms in total. The van der Waals surface area contributed by atoms with Crippen LogP contribution in [0.4, 0.5) is 0 Å². The Kier molecular flexibility index (Phi) is 5.56. The van der Waals surface area contributed by atoms with Crippen LogP contribution in [-0.4, -0.2) is 32.2 Å². The van der Waals surface area contributed by atoms with Gasteiger partial charge >= 0.3 is 0 Å². The first-order valence-electron chi connectivity index (χ1n) is 5.37. The number of carbonyl (C=O) groups is 1. The molecular formula is C10H20N2O2. The smallest absolute Gasteiger partial charge is 0.246 e. The molecule has 1 rings (SSSR count). The molecule has 0 aliphatic heterocycles. The Bertz CT molecular complexity index is 168. The maximum absolute atomic E-state index is 11.1. The lowest BCUT2D eigenvalue weighted by Gasteiger charge is -2.09. The molecule has 0 atom stereocenters. The molecule has 0 aromatic heterocycles. The third-order valence-electron chi connectivity index (χ3n) is 2.53. The molecule has 0 saturated heterocycles. The molecule has 0 aromatic rings. The maximum Gasteiger partial charge on any atom is 0.246 e. The number of rotatable bonds is 6. The lowest BCUT2D eigenvalue weighted by atomic mass is 10.1. The normalized spacial score (nSPS) is 17.2. The first-order valence-corrected chi connectivity index (χ1v) is 5.37. The van der Waals surface area contributed by atoms with E-state index >= 15 is 0 Å². The van der Waals surface area contributed by atoms with Crippen LogP contribution >= 0.6 is 0 Å². The molecule has 0 spiro atoms. The third-order valence-corrected chi connectivity index (χ3v) is 2.53. The van der Waals surface area contributed by atoms with Crippen molar-refractivity contribution < 1.29 is 9.53 Å². The molecule has 4 heteroatoms. The SMILES string of the molecule is NCCNC(=O)COCC1CCCC1. The summed E-state index contributed by atoms with van der Waals surface area (Å²) in [5.74, 6) is 0.616. The average molecular weight is 200 g/mol. The van der Waals surface area contributed by atoms with E-state index in [0.29, 0.717) is 19.0 Å². The molecular weight excluding hydrogens is 180 g/mol. The Morgan fingerprint density at radius 2 is 2.14 bits per heavy atom. The van der Waals surface area contributed by atoms with Gasteiger partial charge in [0.2, 0.25) is 5.91 Å². The molecule has 1 aliphatic carbocycles. The van der Waals surface area contributed by atoms with Gasteiger partial charge in [-0.05, 0) is 18.8 Å². The van der Waals surface area contributed by atoms with Crippen LogP contribution in [-0.2, 0) is 9.53 Å². The van der Waals surface area contributed by atoms with Crippen LogP contribution < -0.4 is 11.1 Å². The summed E-state index contributed by atoms with van der Waals surface area (Å²) in [4.78, 5) is 11.1. The van der Waals surface area contributed by atoms with Crippen molar-refractivity contribution in [3.8, 4) is 0 Å². The molecule has 82 valence electrons. The van der Waals surface area contributed by atoms with Gasteiger partial charge in [0, 0.05) is 13.1 Å². The average Bonchev–Trinajstić information content (AvgIpc) is 2.67. The van der Waals surface area contributed by atoms with E-state index in [-0.39, 0.29) is 12.5 Å². The Balaban J connectivity index is 1.94. The van der Waals surface area contributed by atoms with E-state index in [9.17, 15) is 4.79 Å². The zero-order valence-electron chi connectivity index (χ0n) is 8.63. The van der Waals surface area contributed by atoms with Gasteiger partial charge in [0.25, 0.3) is 0 Å². The van der Waals surface area contributed by atoms with Gasteiger partial charge in [0.1, 0.15) is 6.61 Å². The Labute approximate surface area is 85.2 Å². The first kappa shape index (κ1) is 11.5. The fourth-order valence-electron chi connectivity index (χ4n) is 1.76. The molecule has 14 heavy (non-hydrogen) atoms. The Hall–Kier alpha value is -0.610. The summed E-state index contributed by atoms with van der Waals surface area (Å²) < 4.78 is 5.32. The van der Waals surface area contributed by atoms with Crippen LogP contribution in [0.2, 0.25) is 0 Å². The van der Waals surface area contributed by atoms with Gasteiger partial charge in [-0.15, -0.1) is 0 Å². The van der Waals surface area contributed by atoms with Crippen molar-refractivity contribution in [2.24, 2.45) is 11.7 Å². The van der Waals surface area contributed by atoms with Gasteiger partial charge in [-0.2, -0.15) is 0 Å². The summed E-state index contributed by atoms with van der Waals surface area (Å²) in [7, 11) is 0. The van der Waals surface area contributed by atoms with Crippen LogP contribution in [0.3, 0.4) is 0 Å². The molecule has 1 amide bonds. The van der Waals surface area contributed by atoms with Crippen molar-refractivity contribution in [3.05, 3.63) is 0 Å². The summed E-state index contributed by atoms with van der Waals surface area (Å²) in [5.41, 5.74) is 5.25. The Morgan fingerprint density at radius 3 is 2.79 bits per heavy atom. The molecule has 1 saturated carbocycles. The lowest BCUT2D eigenvalue weighted by molar-refractivity contribution is -0.126. The number of hydrogen-bond donors (Lipinski definition) is 2. The maximum atomic E-state index is 11.1. The monoisotopic (exact) mass is 200 g/mol. The fourth-order valence-corrected chi connectivity index (χ4v) is 1.76. The third kappa shape index (κ3) is 4.58. The number of hydrogen-bond acceptors (Lipinski definition) is 3. The zero-order valence-corrected chi connectivity index (χ0v) is 8.63. The van der Waals surface area contributed by atoms with Crippen LogP contribution in [0.25, 0.3) is 0 Å². The first-order chi connectivity index (χ1) is 6.83. The highest BCUT2D eigenvalue weighted by Gasteiger charge is 2.15. The van der Waals surface area contributed by atoms with Gasteiger partial charge < -0.3 is 15.8 Å². The number of ether oxygens (including phenoxy) is 1. The molecule has 3 N–H and O–H groups in total. The van der Waals surface area contributed by atoms with E-state index in [4.69, 9.17) is 10.5 Å². The second-order valence-electron chi connectivity index (χ2n) is 3.80. The van der Waals surface area contributed by atoms with Crippen molar-refractivity contribution >= 4 is 5.91 Å². The number of nitrogens with two attached hydrogens (primary N) is 1. The summed E-state index contributed by atoms with van der Waals surface area (Å²) in [6.45, 7) is 1.92. The molecule has 0 bridgehead atoms. The van der Waals surface area contributed by atoms with Crippen LogP contribution in [0.15, 0.2) is 0 Å². The quantitative estimate of drug-likeness (QED) is 0.647. The van der Waals surface area contributed by atoms with E-state index in [0.717, 1.165) is 6.61 Å². The zero-order chi connectivity index (χ0) is 10.2. The van der Waals surface area contributed by atoms with Crippen LogP contribution in [0, 0.1) is 5.92 Å². The summed E-state index contributed by atoms with van der Waals surface area (Å²) in [5, 5.41) is 2.67. The van der Waals surface area contributed by atoms with Gasteiger partial charge in [0.15, 0.2) is 0 Å². The van der Waals surface area contributed by atoms with Crippen molar-refractivity contribution in [2.75, 3.05) is 26.3 Å². The van der Waals surface area contributed by atoms with E-state index in [1.165, 1.54) is 25.7 Å². The minimum atomic E-state index is -0.0616. The number of carbonyl (C=O) groups excluding carboxylic acids is 1. The summed E-state index contributed by atoms with van der Waals surface area (Å²) in [6, 6.07) is 0. The molecule has 0 heterocycles. The second-order valence-corrected chi connectivity index (χ2v) is 3.80. The summed E-state index contributed by atoms with van der Waals surface area (Å²) in [6.07, 6.45) is 5.13. The van der Waals surface area contributed by atoms with Gasteiger partial charge in [-0.25, -0.2) is 0 Å². The number of nitrogens with one attached hydrogen (secondary N) is 1. The van der Waals surface area contributed by atoms with Crippen molar-refractivity contribution in [1.29, 1.82) is 0 Å². The number of amides is 1. The molecule has 1 fully saturated rings. The van der Waals surface area contributed by atoms with Crippen molar-refractivity contribution in [3.63, 3.8) is 0 Å². The minimum Gasteiger partial charge on any atom is -0.371 e. The van der Waals surface area contributed by atoms with Crippen LogP contribution in [0.1, 0.15) is 25.7 Å². The van der Waals surface area contributed by atoms with E-state index in [1.807, 2.05) is 0 Å².